The molecule has 3 rings (SSSR count). The summed E-state index contributed by atoms with van der Waals surface area (Å²) in [5.41, 5.74) is 11.1. The number of nitrogens with zero attached hydrogens (tertiary/aromatic N) is 2. The second-order valence-electron chi connectivity index (χ2n) is 5.17. The summed E-state index contributed by atoms with van der Waals surface area (Å²) >= 11 is 0. The van der Waals surface area contributed by atoms with Crippen LogP contribution in [0.5, 0.6) is 0 Å². The SMILES string of the molecule is CN(Cc1ccc(N)cc1)Cc1ccc2nc[nH]c2c1. The van der Waals surface area contributed by atoms with Gasteiger partial charge in [0.05, 0.1) is 17.4 Å². The number of aromatic nitrogens is 2. The van der Waals surface area contributed by atoms with E-state index in [1.54, 1.807) is 6.33 Å². The monoisotopic (exact) mass is 266 g/mol. The van der Waals surface area contributed by atoms with Crippen LogP contribution in [-0.2, 0) is 13.1 Å². The summed E-state index contributed by atoms with van der Waals surface area (Å²) in [6.07, 6.45) is 1.73. The van der Waals surface area contributed by atoms with Crippen LogP contribution in [0.1, 0.15) is 11.1 Å². The van der Waals surface area contributed by atoms with Crippen molar-refractivity contribution in [2.45, 2.75) is 13.1 Å². The van der Waals surface area contributed by atoms with Crippen molar-refractivity contribution in [2.75, 3.05) is 12.8 Å². The van der Waals surface area contributed by atoms with Crippen LogP contribution in [0, 0.1) is 0 Å². The van der Waals surface area contributed by atoms with Crippen molar-refractivity contribution in [3.05, 3.63) is 59.9 Å². The van der Waals surface area contributed by atoms with Crippen LogP contribution in [0.2, 0.25) is 0 Å². The zero-order valence-corrected chi connectivity index (χ0v) is 11.5. The van der Waals surface area contributed by atoms with E-state index in [0.717, 1.165) is 29.8 Å². The van der Waals surface area contributed by atoms with Crippen LogP contribution >= 0.6 is 0 Å². The Bertz CT molecular complexity index is 700. The number of fused-ring (bicyclic) bond motifs is 1. The second kappa shape index (κ2) is 5.35. The molecule has 0 amide bonds. The number of imidazole rings is 1. The number of aromatic amines is 1. The number of nitrogens with one attached hydrogen (secondary N) is 1. The van der Waals surface area contributed by atoms with E-state index >= 15 is 0 Å². The third-order valence-electron chi connectivity index (χ3n) is 3.37. The molecule has 0 saturated heterocycles. The van der Waals surface area contributed by atoms with Crippen molar-refractivity contribution in [3.63, 3.8) is 0 Å². The highest BCUT2D eigenvalue weighted by Gasteiger charge is 2.04. The number of H-pyrrole nitrogens is 1. The fourth-order valence-corrected chi connectivity index (χ4v) is 2.38. The summed E-state index contributed by atoms with van der Waals surface area (Å²) in [5, 5.41) is 0. The van der Waals surface area contributed by atoms with Gasteiger partial charge in [-0.05, 0) is 42.4 Å². The molecule has 3 aromatic rings. The fourth-order valence-electron chi connectivity index (χ4n) is 2.38. The minimum Gasteiger partial charge on any atom is -0.399 e. The molecule has 102 valence electrons. The van der Waals surface area contributed by atoms with Gasteiger partial charge in [-0.15, -0.1) is 0 Å². The predicted molar refractivity (Wildman–Crippen MR) is 82.1 cm³/mol. The van der Waals surface area contributed by atoms with Gasteiger partial charge in [-0.25, -0.2) is 4.98 Å². The summed E-state index contributed by atoms with van der Waals surface area (Å²) in [4.78, 5) is 9.66. The largest absolute Gasteiger partial charge is 0.399 e. The van der Waals surface area contributed by atoms with Gasteiger partial charge in [0, 0.05) is 18.8 Å². The second-order valence-corrected chi connectivity index (χ2v) is 5.17. The molecule has 2 aromatic carbocycles. The van der Waals surface area contributed by atoms with Crippen molar-refractivity contribution >= 4 is 16.7 Å². The van der Waals surface area contributed by atoms with Gasteiger partial charge >= 0.3 is 0 Å². The molecule has 1 heterocycles. The first-order chi connectivity index (χ1) is 9.70. The average Bonchev–Trinajstić information content (AvgIpc) is 2.89. The lowest BCUT2D eigenvalue weighted by Crippen LogP contribution is -2.17. The molecular weight excluding hydrogens is 248 g/mol. The summed E-state index contributed by atoms with van der Waals surface area (Å²) in [5.74, 6) is 0. The predicted octanol–water partition coefficient (Wildman–Crippen LogP) is 2.78. The Morgan fingerprint density at radius 2 is 1.75 bits per heavy atom. The zero-order valence-electron chi connectivity index (χ0n) is 11.5. The first-order valence-corrected chi connectivity index (χ1v) is 6.66. The molecule has 0 fully saturated rings. The molecule has 0 aliphatic heterocycles. The summed E-state index contributed by atoms with van der Waals surface area (Å²) in [6.45, 7) is 1.81. The smallest absolute Gasteiger partial charge is 0.0931 e. The minimum atomic E-state index is 0.807. The molecule has 0 aliphatic rings. The van der Waals surface area contributed by atoms with E-state index < -0.39 is 0 Å². The molecule has 3 N–H and O–H groups in total. The molecule has 0 saturated carbocycles. The van der Waals surface area contributed by atoms with E-state index in [2.05, 4.69) is 52.2 Å². The Kier molecular flexibility index (Phi) is 3.39. The van der Waals surface area contributed by atoms with Gasteiger partial charge in [0.25, 0.3) is 0 Å². The maximum Gasteiger partial charge on any atom is 0.0931 e. The number of benzene rings is 2. The van der Waals surface area contributed by atoms with Gasteiger partial charge < -0.3 is 10.7 Å². The molecule has 0 atom stereocenters. The topological polar surface area (TPSA) is 57.9 Å². The highest BCUT2D eigenvalue weighted by atomic mass is 15.1. The Balaban J connectivity index is 1.68. The average molecular weight is 266 g/mol. The standard InChI is InChI=1S/C16H18N4/c1-20(9-12-2-5-14(17)6-3-12)10-13-4-7-15-16(8-13)19-11-18-15/h2-8,11H,9-10,17H2,1H3,(H,18,19). The summed E-state index contributed by atoms with van der Waals surface area (Å²) in [6, 6.07) is 14.4. The van der Waals surface area contributed by atoms with Gasteiger partial charge in [-0.2, -0.15) is 0 Å². The van der Waals surface area contributed by atoms with Gasteiger partial charge in [-0.3, -0.25) is 4.90 Å². The van der Waals surface area contributed by atoms with Crippen molar-refractivity contribution in [1.82, 2.24) is 14.9 Å². The van der Waals surface area contributed by atoms with Gasteiger partial charge in [0.15, 0.2) is 0 Å². The van der Waals surface area contributed by atoms with Crippen molar-refractivity contribution < 1.29 is 0 Å². The zero-order chi connectivity index (χ0) is 13.9. The quantitative estimate of drug-likeness (QED) is 0.714. The highest BCUT2D eigenvalue weighted by molar-refractivity contribution is 5.74. The van der Waals surface area contributed by atoms with E-state index in [-0.39, 0.29) is 0 Å². The van der Waals surface area contributed by atoms with Gasteiger partial charge in [0.1, 0.15) is 0 Å². The molecule has 0 spiro atoms. The fraction of sp³-hybridized carbons (Fsp3) is 0.188. The summed E-state index contributed by atoms with van der Waals surface area (Å²) < 4.78 is 0. The Hall–Kier alpha value is -2.33. The highest BCUT2D eigenvalue weighted by Crippen LogP contribution is 2.14. The summed E-state index contributed by atoms with van der Waals surface area (Å²) in [7, 11) is 2.12. The maximum atomic E-state index is 5.70. The van der Waals surface area contributed by atoms with Crippen LogP contribution < -0.4 is 5.73 Å². The number of anilines is 1. The third-order valence-corrected chi connectivity index (χ3v) is 3.37. The third kappa shape index (κ3) is 2.81. The minimum absolute atomic E-state index is 0.807. The molecule has 0 radical (unpaired) electrons. The maximum absolute atomic E-state index is 5.70. The van der Waals surface area contributed by atoms with E-state index in [4.69, 9.17) is 5.73 Å². The first kappa shape index (κ1) is 12.7. The van der Waals surface area contributed by atoms with E-state index in [1.807, 2.05) is 12.1 Å². The van der Waals surface area contributed by atoms with E-state index in [1.165, 1.54) is 11.1 Å². The van der Waals surface area contributed by atoms with Crippen LogP contribution in [0.15, 0.2) is 48.8 Å². The first-order valence-electron chi connectivity index (χ1n) is 6.66. The van der Waals surface area contributed by atoms with Crippen molar-refractivity contribution in [1.29, 1.82) is 0 Å². The van der Waals surface area contributed by atoms with Gasteiger partial charge in [-0.1, -0.05) is 18.2 Å². The Labute approximate surface area is 118 Å². The number of hydrogen-bond acceptors (Lipinski definition) is 3. The Morgan fingerprint density at radius 1 is 1.05 bits per heavy atom. The van der Waals surface area contributed by atoms with Crippen molar-refractivity contribution in [2.24, 2.45) is 0 Å². The molecule has 0 unspecified atom stereocenters. The molecule has 4 heteroatoms. The normalized spacial score (nSPS) is 11.3. The lowest BCUT2D eigenvalue weighted by Gasteiger charge is -2.17. The number of hydrogen-bond donors (Lipinski definition) is 2. The van der Waals surface area contributed by atoms with Crippen LogP contribution in [-0.4, -0.2) is 21.9 Å². The molecule has 4 nitrogen and oxygen atoms in total. The molecule has 1 aromatic heterocycles. The number of nitrogen functional groups attached to an aromatic ring is 1. The van der Waals surface area contributed by atoms with E-state index in [0.29, 0.717) is 0 Å². The van der Waals surface area contributed by atoms with Crippen LogP contribution in [0.4, 0.5) is 5.69 Å². The molecule has 0 aliphatic carbocycles. The van der Waals surface area contributed by atoms with Crippen LogP contribution in [0.25, 0.3) is 11.0 Å². The lowest BCUT2D eigenvalue weighted by atomic mass is 10.1. The van der Waals surface area contributed by atoms with Crippen LogP contribution in [0.3, 0.4) is 0 Å². The lowest BCUT2D eigenvalue weighted by molar-refractivity contribution is 0.319. The molecule has 20 heavy (non-hydrogen) atoms. The van der Waals surface area contributed by atoms with Crippen molar-refractivity contribution in [3.8, 4) is 0 Å². The van der Waals surface area contributed by atoms with Gasteiger partial charge in [0.2, 0.25) is 0 Å². The number of nitrogens with two attached hydrogens (primary N) is 1. The Morgan fingerprint density at radius 3 is 2.55 bits per heavy atom. The van der Waals surface area contributed by atoms with E-state index in [9.17, 15) is 0 Å². The molecule has 0 bridgehead atoms. The molecular formula is C16H18N4. The number of rotatable bonds is 4.